The third-order valence-electron chi connectivity index (χ3n) is 2.77. The number of nitrogens with two attached hydrogens (primary N) is 1. The van der Waals surface area contributed by atoms with Crippen LogP contribution in [0.3, 0.4) is 0 Å². The Labute approximate surface area is 94.1 Å². The zero-order valence-corrected chi connectivity index (χ0v) is 9.66. The van der Waals surface area contributed by atoms with Crippen LogP contribution in [0.1, 0.15) is 25.5 Å². The van der Waals surface area contributed by atoms with Gasteiger partial charge in [0.1, 0.15) is 0 Å². The van der Waals surface area contributed by atoms with Crippen molar-refractivity contribution in [2.75, 3.05) is 6.54 Å². The van der Waals surface area contributed by atoms with E-state index in [0.29, 0.717) is 6.54 Å². The summed E-state index contributed by atoms with van der Waals surface area (Å²) >= 11 is 0. The van der Waals surface area contributed by atoms with Crippen molar-refractivity contribution in [3.05, 3.63) is 34.2 Å². The number of benzene rings is 1. The van der Waals surface area contributed by atoms with E-state index in [-0.39, 0.29) is 11.7 Å². The summed E-state index contributed by atoms with van der Waals surface area (Å²) < 4.78 is 1.77. The van der Waals surface area contributed by atoms with Gasteiger partial charge in [0.15, 0.2) is 0 Å². The van der Waals surface area contributed by atoms with E-state index < -0.39 is 0 Å². The van der Waals surface area contributed by atoms with Crippen molar-refractivity contribution in [2.24, 2.45) is 5.73 Å². The van der Waals surface area contributed by atoms with Crippen LogP contribution >= 0.6 is 0 Å². The number of aromatic amines is 1. The van der Waals surface area contributed by atoms with E-state index in [9.17, 15) is 4.79 Å². The molecule has 2 aromatic rings. The second-order valence-corrected chi connectivity index (χ2v) is 4.24. The standard InChI is InChI=1S/C12H17N3O/c1-8(2)15-10-5-3-4-9(6-7-13)11(10)14-12(15)16/h3-5,8H,6-7,13H2,1-2H3,(H,14,16). The lowest BCUT2D eigenvalue weighted by Gasteiger charge is -2.07. The fourth-order valence-electron chi connectivity index (χ4n) is 2.08. The van der Waals surface area contributed by atoms with E-state index in [1.165, 1.54) is 0 Å². The highest BCUT2D eigenvalue weighted by atomic mass is 16.1. The Kier molecular flexibility index (Phi) is 2.83. The molecular formula is C12H17N3O. The van der Waals surface area contributed by atoms with E-state index in [4.69, 9.17) is 5.73 Å². The van der Waals surface area contributed by atoms with Crippen LogP contribution in [0.5, 0.6) is 0 Å². The molecule has 1 heterocycles. The summed E-state index contributed by atoms with van der Waals surface area (Å²) in [5.41, 5.74) is 8.51. The summed E-state index contributed by atoms with van der Waals surface area (Å²) in [6.45, 7) is 4.60. The van der Waals surface area contributed by atoms with Gasteiger partial charge in [-0.2, -0.15) is 0 Å². The molecule has 0 aliphatic rings. The molecule has 0 aliphatic carbocycles. The molecule has 0 fully saturated rings. The van der Waals surface area contributed by atoms with Gasteiger partial charge in [-0.15, -0.1) is 0 Å². The molecule has 0 bridgehead atoms. The van der Waals surface area contributed by atoms with Gasteiger partial charge in [-0.25, -0.2) is 4.79 Å². The van der Waals surface area contributed by atoms with Gasteiger partial charge < -0.3 is 10.7 Å². The van der Waals surface area contributed by atoms with Crippen molar-refractivity contribution in [2.45, 2.75) is 26.3 Å². The van der Waals surface area contributed by atoms with Crippen molar-refractivity contribution < 1.29 is 0 Å². The molecule has 0 saturated carbocycles. The number of para-hydroxylation sites is 1. The first-order chi connectivity index (χ1) is 7.65. The Bertz CT molecular complexity index is 551. The van der Waals surface area contributed by atoms with Crippen LogP contribution in [-0.4, -0.2) is 16.1 Å². The highest BCUT2D eigenvalue weighted by Crippen LogP contribution is 2.18. The predicted octanol–water partition coefficient (Wildman–Crippen LogP) is 1.41. The van der Waals surface area contributed by atoms with Crippen molar-refractivity contribution in [1.82, 2.24) is 9.55 Å². The number of hydrogen-bond donors (Lipinski definition) is 2. The van der Waals surface area contributed by atoms with Crippen LogP contribution in [0.2, 0.25) is 0 Å². The van der Waals surface area contributed by atoms with Crippen molar-refractivity contribution in [1.29, 1.82) is 0 Å². The smallest absolute Gasteiger partial charge is 0.326 e. The number of H-pyrrole nitrogens is 1. The first-order valence-electron chi connectivity index (χ1n) is 5.57. The fraction of sp³-hybridized carbons (Fsp3) is 0.417. The maximum absolute atomic E-state index is 11.8. The quantitative estimate of drug-likeness (QED) is 0.819. The summed E-state index contributed by atoms with van der Waals surface area (Å²) in [6.07, 6.45) is 0.787. The average Bonchev–Trinajstić information content (AvgIpc) is 2.55. The normalized spacial score (nSPS) is 11.5. The molecule has 16 heavy (non-hydrogen) atoms. The highest BCUT2D eigenvalue weighted by Gasteiger charge is 2.11. The molecule has 0 spiro atoms. The van der Waals surface area contributed by atoms with Gasteiger partial charge in [-0.05, 0) is 38.4 Å². The highest BCUT2D eigenvalue weighted by molar-refractivity contribution is 5.79. The molecule has 0 amide bonds. The molecule has 0 saturated heterocycles. The molecule has 3 N–H and O–H groups in total. The van der Waals surface area contributed by atoms with Gasteiger partial charge >= 0.3 is 5.69 Å². The Morgan fingerprint density at radius 2 is 2.19 bits per heavy atom. The molecule has 0 aliphatic heterocycles. The Hall–Kier alpha value is -1.55. The lowest BCUT2D eigenvalue weighted by Crippen LogP contribution is -2.18. The minimum Gasteiger partial charge on any atom is -0.330 e. The minimum atomic E-state index is -0.0468. The molecule has 0 radical (unpaired) electrons. The number of aromatic nitrogens is 2. The number of fused-ring (bicyclic) bond motifs is 1. The van der Waals surface area contributed by atoms with Crippen LogP contribution in [0.25, 0.3) is 11.0 Å². The van der Waals surface area contributed by atoms with Gasteiger partial charge in [-0.1, -0.05) is 12.1 Å². The van der Waals surface area contributed by atoms with Gasteiger partial charge in [0.25, 0.3) is 0 Å². The summed E-state index contributed by atoms with van der Waals surface area (Å²) in [5, 5.41) is 0. The third-order valence-corrected chi connectivity index (χ3v) is 2.77. The maximum Gasteiger partial charge on any atom is 0.326 e. The summed E-state index contributed by atoms with van der Waals surface area (Å²) in [6, 6.07) is 6.11. The van der Waals surface area contributed by atoms with Crippen molar-refractivity contribution in [3.8, 4) is 0 Å². The molecule has 1 aromatic heterocycles. The van der Waals surface area contributed by atoms with Crippen LogP contribution in [-0.2, 0) is 6.42 Å². The Morgan fingerprint density at radius 1 is 1.44 bits per heavy atom. The van der Waals surface area contributed by atoms with Crippen molar-refractivity contribution in [3.63, 3.8) is 0 Å². The fourth-order valence-corrected chi connectivity index (χ4v) is 2.08. The average molecular weight is 219 g/mol. The van der Waals surface area contributed by atoms with Gasteiger partial charge in [0.05, 0.1) is 11.0 Å². The molecule has 4 heteroatoms. The van der Waals surface area contributed by atoms with Gasteiger partial charge in [0.2, 0.25) is 0 Å². The number of hydrogen-bond acceptors (Lipinski definition) is 2. The number of rotatable bonds is 3. The summed E-state index contributed by atoms with van der Waals surface area (Å²) in [5.74, 6) is 0. The van der Waals surface area contributed by atoms with Crippen LogP contribution in [0, 0.1) is 0 Å². The lowest BCUT2D eigenvalue weighted by molar-refractivity contribution is 0.598. The maximum atomic E-state index is 11.8. The minimum absolute atomic E-state index is 0.0468. The van der Waals surface area contributed by atoms with Crippen LogP contribution in [0.15, 0.2) is 23.0 Å². The SMILES string of the molecule is CC(C)n1c(=O)[nH]c2c(CCN)cccc21. The van der Waals surface area contributed by atoms with Crippen LogP contribution < -0.4 is 11.4 Å². The van der Waals surface area contributed by atoms with E-state index >= 15 is 0 Å². The second kappa shape index (κ2) is 4.14. The zero-order valence-electron chi connectivity index (χ0n) is 9.66. The lowest BCUT2D eigenvalue weighted by atomic mass is 10.1. The summed E-state index contributed by atoms with van der Waals surface area (Å²) in [4.78, 5) is 14.7. The second-order valence-electron chi connectivity index (χ2n) is 4.24. The summed E-state index contributed by atoms with van der Waals surface area (Å²) in [7, 11) is 0. The van der Waals surface area contributed by atoms with Crippen LogP contribution in [0.4, 0.5) is 0 Å². The van der Waals surface area contributed by atoms with E-state index in [0.717, 1.165) is 23.0 Å². The monoisotopic (exact) mass is 219 g/mol. The van der Waals surface area contributed by atoms with Crippen molar-refractivity contribution >= 4 is 11.0 Å². The molecule has 4 nitrogen and oxygen atoms in total. The Balaban J connectivity index is 2.73. The zero-order chi connectivity index (χ0) is 11.7. The predicted molar refractivity (Wildman–Crippen MR) is 65.7 cm³/mol. The van der Waals surface area contributed by atoms with E-state index in [2.05, 4.69) is 4.98 Å². The number of nitrogens with zero attached hydrogens (tertiary/aromatic N) is 1. The molecule has 0 unspecified atom stereocenters. The molecule has 86 valence electrons. The largest absolute Gasteiger partial charge is 0.330 e. The first kappa shape index (κ1) is 11.0. The molecule has 1 aromatic carbocycles. The molecule has 2 rings (SSSR count). The van der Waals surface area contributed by atoms with E-state index in [1.54, 1.807) is 4.57 Å². The Morgan fingerprint density at radius 3 is 2.81 bits per heavy atom. The van der Waals surface area contributed by atoms with Gasteiger partial charge in [-0.3, -0.25) is 4.57 Å². The number of imidazole rings is 1. The van der Waals surface area contributed by atoms with Gasteiger partial charge in [0, 0.05) is 6.04 Å². The molecule has 0 atom stereocenters. The number of nitrogens with one attached hydrogen (secondary N) is 1. The molecular weight excluding hydrogens is 202 g/mol. The third kappa shape index (κ3) is 1.65. The topological polar surface area (TPSA) is 63.8 Å². The first-order valence-corrected chi connectivity index (χ1v) is 5.57. The van der Waals surface area contributed by atoms with E-state index in [1.807, 2.05) is 32.0 Å².